The number of halogens is 1. The first kappa shape index (κ1) is 24.6. The van der Waals surface area contributed by atoms with Gasteiger partial charge in [0.15, 0.2) is 5.96 Å². The monoisotopic (exact) mass is 478 g/mol. The molecule has 7 nitrogen and oxygen atoms in total. The highest BCUT2D eigenvalue weighted by molar-refractivity contribution is 14.0. The number of rotatable bonds is 11. The number of aliphatic imine (C=N–C) groups is 1. The average molecular weight is 478 g/mol. The summed E-state index contributed by atoms with van der Waals surface area (Å²) in [5.41, 5.74) is 1.05. The Morgan fingerprint density at radius 3 is 2.54 bits per heavy atom. The first-order chi connectivity index (χ1) is 12.1. The molecule has 0 aliphatic rings. The second-order valence-corrected chi connectivity index (χ2v) is 5.82. The maximum atomic E-state index is 10.7. The normalized spacial score (nSPS) is 11.0. The summed E-state index contributed by atoms with van der Waals surface area (Å²) in [6.45, 7) is 7.85. The smallest absolute Gasteiger partial charge is 0.269 e. The summed E-state index contributed by atoms with van der Waals surface area (Å²) in [6.07, 6.45) is 3.16. The lowest BCUT2D eigenvalue weighted by Crippen LogP contribution is -2.40. The van der Waals surface area contributed by atoms with E-state index in [1.165, 1.54) is 12.1 Å². The van der Waals surface area contributed by atoms with E-state index in [9.17, 15) is 10.1 Å². The number of ether oxygens (including phenoxy) is 1. The Balaban J connectivity index is 0.00000625. The maximum Gasteiger partial charge on any atom is 0.269 e. The van der Waals surface area contributed by atoms with Crippen molar-refractivity contribution in [1.29, 1.82) is 0 Å². The van der Waals surface area contributed by atoms with E-state index in [1.807, 2.05) is 14.0 Å². The van der Waals surface area contributed by atoms with Crippen molar-refractivity contribution in [2.45, 2.75) is 39.7 Å². The van der Waals surface area contributed by atoms with E-state index < -0.39 is 4.92 Å². The molecule has 0 spiro atoms. The Kier molecular flexibility index (Phi) is 13.9. The Hall–Kier alpha value is -1.42. The quantitative estimate of drug-likeness (QED) is 0.131. The molecule has 0 aliphatic carbocycles. The Morgan fingerprint density at radius 1 is 1.27 bits per heavy atom. The van der Waals surface area contributed by atoms with Crippen LogP contribution < -0.4 is 5.32 Å². The van der Waals surface area contributed by atoms with E-state index in [4.69, 9.17) is 4.74 Å². The van der Waals surface area contributed by atoms with Crippen molar-refractivity contribution in [2.24, 2.45) is 4.99 Å². The van der Waals surface area contributed by atoms with Gasteiger partial charge in [0.2, 0.25) is 0 Å². The molecule has 1 aromatic rings. The molecule has 0 unspecified atom stereocenters. The fraction of sp³-hybridized carbons (Fsp3) is 0.611. The summed E-state index contributed by atoms with van der Waals surface area (Å²) in [5.74, 6) is 0.850. The van der Waals surface area contributed by atoms with Gasteiger partial charge in [-0.25, -0.2) is 4.99 Å². The van der Waals surface area contributed by atoms with Crippen molar-refractivity contribution in [1.82, 2.24) is 10.2 Å². The van der Waals surface area contributed by atoms with Crippen LogP contribution in [0.4, 0.5) is 5.69 Å². The van der Waals surface area contributed by atoms with Gasteiger partial charge in [-0.1, -0.05) is 25.5 Å². The van der Waals surface area contributed by atoms with Crippen molar-refractivity contribution in [3.8, 4) is 0 Å². The highest BCUT2D eigenvalue weighted by Gasteiger charge is 2.07. The van der Waals surface area contributed by atoms with Gasteiger partial charge in [0, 0.05) is 45.5 Å². The standard InChI is InChI=1S/C18H30N4O3.HI/c1-4-6-13-21(3)18(19-12-7-14-25-5-2)20-15-16-8-10-17(11-9-16)22(23)24;/h8-11H,4-7,12-15H2,1-3H3,(H,19,20);1H. The summed E-state index contributed by atoms with van der Waals surface area (Å²) in [7, 11) is 2.03. The molecular formula is C18H31IN4O3. The number of nitro benzene ring substituents is 1. The van der Waals surface area contributed by atoms with Crippen LogP contribution >= 0.6 is 24.0 Å². The highest BCUT2D eigenvalue weighted by atomic mass is 127. The zero-order chi connectivity index (χ0) is 18.5. The molecule has 26 heavy (non-hydrogen) atoms. The van der Waals surface area contributed by atoms with Crippen LogP contribution in [0.15, 0.2) is 29.3 Å². The van der Waals surface area contributed by atoms with E-state index in [0.29, 0.717) is 6.54 Å². The third kappa shape index (κ3) is 9.91. The Morgan fingerprint density at radius 2 is 1.96 bits per heavy atom. The van der Waals surface area contributed by atoms with Crippen LogP contribution in [0.2, 0.25) is 0 Å². The van der Waals surface area contributed by atoms with Crippen LogP contribution in [0.1, 0.15) is 38.7 Å². The van der Waals surface area contributed by atoms with Gasteiger partial charge in [0.1, 0.15) is 0 Å². The molecule has 1 N–H and O–H groups in total. The van der Waals surface area contributed by atoms with Gasteiger partial charge in [-0.2, -0.15) is 0 Å². The number of nitrogens with zero attached hydrogens (tertiary/aromatic N) is 3. The van der Waals surface area contributed by atoms with Crippen molar-refractivity contribution >= 4 is 35.6 Å². The number of nitro groups is 1. The lowest BCUT2D eigenvalue weighted by molar-refractivity contribution is -0.384. The van der Waals surface area contributed by atoms with E-state index in [-0.39, 0.29) is 29.7 Å². The van der Waals surface area contributed by atoms with Crippen LogP contribution in [-0.2, 0) is 11.3 Å². The Bertz CT molecular complexity index is 538. The second-order valence-electron chi connectivity index (χ2n) is 5.82. The van der Waals surface area contributed by atoms with Crippen molar-refractivity contribution in [3.05, 3.63) is 39.9 Å². The predicted octanol–water partition coefficient (Wildman–Crippen LogP) is 3.82. The van der Waals surface area contributed by atoms with Crippen LogP contribution in [0.3, 0.4) is 0 Å². The van der Waals surface area contributed by atoms with Crippen LogP contribution in [-0.4, -0.2) is 49.1 Å². The third-order valence-corrected chi connectivity index (χ3v) is 3.72. The summed E-state index contributed by atoms with van der Waals surface area (Å²) in [5, 5.41) is 14.1. The molecule has 1 aromatic carbocycles. The summed E-state index contributed by atoms with van der Waals surface area (Å²) in [4.78, 5) is 17.1. The number of hydrogen-bond acceptors (Lipinski definition) is 4. The topological polar surface area (TPSA) is 80.0 Å². The average Bonchev–Trinajstić information content (AvgIpc) is 2.62. The number of unbranched alkanes of at least 4 members (excludes halogenated alkanes) is 1. The van der Waals surface area contributed by atoms with Crippen LogP contribution in [0.5, 0.6) is 0 Å². The first-order valence-corrected chi connectivity index (χ1v) is 8.89. The Labute approximate surface area is 173 Å². The number of nitrogens with one attached hydrogen (secondary N) is 1. The van der Waals surface area contributed by atoms with E-state index in [0.717, 1.165) is 57.1 Å². The van der Waals surface area contributed by atoms with E-state index in [1.54, 1.807) is 12.1 Å². The van der Waals surface area contributed by atoms with Gasteiger partial charge in [-0.3, -0.25) is 10.1 Å². The molecule has 0 bridgehead atoms. The van der Waals surface area contributed by atoms with Gasteiger partial charge < -0.3 is 15.0 Å². The van der Waals surface area contributed by atoms with Crippen LogP contribution in [0.25, 0.3) is 0 Å². The van der Waals surface area contributed by atoms with Gasteiger partial charge in [0.25, 0.3) is 5.69 Å². The molecule has 0 radical (unpaired) electrons. The molecule has 0 saturated carbocycles. The van der Waals surface area contributed by atoms with Crippen LogP contribution in [0, 0.1) is 10.1 Å². The fourth-order valence-electron chi connectivity index (χ4n) is 2.22. The number of hydrogen-bond donors (Lipinski definition) is 1. The zero-order valence-electron chi connectivity index (χ0n) is 15.9. The lowest BCUT2D eigenvalue weighted by atomic mass is 10.2. The molecule has 8 heteroatoms. The maximum absolute atomic E-state index is 10.7. The van der Waals surface area contributed by atoms with Gasteiger partial charge in [0.05, 0.1) is 11.5 Å². The van der Waals surface area contributed by atoms with Crippen molar-refractivity contribution in [3.63, 3.8) is 0 Å². The molecule has 0 fully saturated rings. The third-order valence-electron chi connectivity index (χ3n) is 3.72. The molecule has 0 aromatic heterocycles. The highest BCUT2D eigenvalue weighted by Crippen LogP contribution is 2.12. The molecule has 1 rings (SSSR count). The lowest BCUT2D eigenvalue weighted by Gasteiger charge is -2.22. The van der Waals surface area contributed by atoms with Gasteiger partial charge >= 0.3 is 0 Å². The second kappa shape index (κ2) is 14.7. The first-order valence-electron chi connectivity index (χ1n) is 8.89. The van der Waals surface area contributed by atoms with Crippen molar-refractivity contribution < 1.29 is 9.66 Å². The molecule has 0 amide bonds. The minimum Gasteiger partial charge on any atom is -0.382 e. The summed E-state index contributed by atoms with van der Waals surface area (Å²) < 4.78 is 5.35. The molecular weight excluding hydrogens is 447 g/mol. The van der Waals surface area contributed by atoms with Gasteiger partial charge in [-0.15, -0.1) is 24.0 Å². The SMILES string of the molecule is CCCCN(C)C(=NCc1ccc([N+](=O)[O-])cc1)NCCCOCC.I. The predicted molar refractivity (Wildman–Crippen MR) is 116 cm³/mol. The molecule has 0 atom stereocenters. The molecule has 0 heterocycles. The summed E-state index contributed by atoms with van der Waals surface area (Å²) >= 11 is 0. The molecule has 0 aliphatic heterocycles. The van der Waals surface area contributed by atoms with Gasteiger partial charge in [-0.05, 0) is 25.3 Å². The minimum atomic E-state index is -0.392. The fourth-order valence-corrected chi connectivity index (χ4v) is 2.22. The van der Waals surface area contributed by atoms with Crippen molar-refractivity contribution in [2.75, 3.05) is 33.4 Å². The largest absolute Gasteiger partial charge is 0.382 e. The van der Waals surface area contributed by atoms with E-state index >= 15 is 0 Å². The zero-order valence-corrected chi connectivity index (χ0v) is 18.3. The molecule has 0 saturated heterocycles. The number of non-ortho nitro benzene ring substituents is 1. The van der Waals surface area contributed by atoms with E-state index in [2.05, 4.69) is 22.1 Å². The molecule has 148 valence electrons. The summed E-state index contributed by atoms with van der Waals surface area (Å²) in [6, 6.07) is 6.53. The number of guanidine groups is 1. The number of benzene rings is 1. The minimum absolute atomic E-state index is 0.